The van der Waals surface area contributed by atoms with Crippen molar-refractivity contribution in [2.24, 2.45) is 0 Å². The maximum atomic E-state index is 12.9. The van der Waals surface area contributed by atoms with Gasteiger partial charge in [0, 0.05) is 30.7 Å². The van der Waals surface area contributed by atoms with E-state index in [4.69, 9.17) is 16.3 Å². The molecule has 3 heterocycles. The van der Waals surface area contributed by atoms with E-state index in [1.807, 2.05) is 36.4 Å². The van der Waals surface area contributed by atoms with Gasteiger partial charge in [-0.05, 0) is 48.7 Å². The standard InChI is InChI=1S/C25H26ClN3O2S/c26-19-6-7-22-21(16-19)29(14-15-31-22)24-9-8-23(32-24)25(30)27-20-10-12-28(13-11-20)17-18-4-2-1-3-5-18/h1-9,16,20H,10-15,17H2,(H,27,30). The summed E-state index contributed by atoms with van der Waals surface area (Å²) in [6.07, 6.45) is 1.96. The molecule has 32 heavy (non-hydrogen) atoms. The molecule has 0 bridgehead atoms. The molecular formula is C25H26ClN3O2S. The Labute approximate surface area is 197 Å². The maximum Gasteiger partial charge on any atom is 0.261 e. The average molecular weight is 468 g/mol. The molecule has 7 heteroatoms. The zero-order valence-electron chi connectivity index (χ0n) is 17.8. The highest BCUT2D eigenvalue weighted by Gasteiger charge is 2.24. The molecule has 0 aliphatic carbocycles. The summed E-state index contributed by atoms with van der Waals surface area (Å²) in [6, 6.07) is 20.4. The predicted molar refractivity (Wildman–Crippen MR) is 130 cm³/mol. The predicted octanol–water partition coefficient (Wildman–Crippen LogP) is 5.33. The Balaban J connectivity index is 1.18. The minimum atomic E-state index is 0.0161. The summed E-state index contributed by atoms with van der Waals surface area (Å²) in [7, 11) is 0. The van der Waals surface area contributed by atoms with E-state index in [0.717, 1.165) is 60.3 Å². The number of nitrogens with one attached hydrogen (secondary N) is 1. The number of anilines is 2. The van der Waals surface area contributed by atoms with Gasteiger partial charge in [0.1, 0.15) is 12.4 Å². The minimum absolute atomic E-state index is 0.0161. The zero-order valence-corrected chi connectivity index (χ0v) is 19.4. The quantitative estimate of drug-likeness (QED) is 0.551. The van der Waals surface area contributed by atoms with Crippen LogP contribution in [0.25, 0.3) is 0 Å². The molecule has 0 atom stereocenters. The molecule has 0 spiro atoms. The van der Waals surface area contributed by atoms with Gasteiger partial charge in [0.2, 0.25) is 0 Å². The number of carbonyl (C=O) groups excluding carboxylic acids is 1. The van der Waals surface area contributed by atoms with Crippen LogP contribution in [0.4, 0.5) is 10.7 Å². The van der Waals surface area contributed by atoms with E-state index in [0.29, 0.717) is 11.6 Å². The molecular weight excluding hydrogens is 442 g/mol. The third-order valence-corrected chi connectivity index (χ3v) is 7.38. The van der Waals surface area contributed by atoms with Crippen molar-refractivity contribution in [3.63, 3.8) is 0 Å². The van der Waals surface area contributed by atoms with E-state index in [-0.39, 0.29) is 11.9 Å². The minimum Gasteiger partial charge on any atom is -0.490 e. The Morgan fingerprint density at radius 3 is 2.69 bits per heavy atom. The van der Waals surface area contributed by atoms with Gasteiger partial charge in [0.15, 0.2) is 0 Å². The molecule has 1 amide bonds. The van der Waals surface area contributed by atoms with Gasteiger partial charge in [-0.3, -0.25) is 9.69 Å². The topological polar surface area (TPSA) is 44.8 Å². The normalized spacial score (nSPS) is 17.0. The lowest BCUT2D eigenvalue weighted by Gasteiger charge is -2.32. The van der Waals surface area contributed by atoms with Crippen molar-refractivity contribution >= 4 is 39.5 Å². The smallest absolute Gasteiger partial charge is 0.261 e. The monoisotopic (exact) mass is 467 g/mol. The van der Waals surface area contributed by atoms with E-state index >= 15 is 0 Å². The summed E-state index contributed by atoms with van der Waals surface area (Å²) in [5.74, 6) is 0.838. The molecule has 0 saturated carbocycles. The highest BCUT2D eigenvalue weighted by Crippen LogP contribution is 2.40. The molecule has 1 fully saturated rings. The van der Waals surface area contributed by atoms with Crippen molar-refractivity contribution in [1.29, 1.82) is 0 Å². The highest BCUT2D eigenvalue weighted by molar-refractivity contribution is 7.18. The first-order valence-corrected chi connectivity index (χ1v) is 12.2. The van der Waals surface area contributed by atoms with Gasteiger partial charge in [-0.2, -0.15) is 0 Å². The zero-order chi connectivity index (χ0) is 21.9. The molecule has 2 aromatic carbocycles. The fourth-order valence-electron chi connectivity index (χ4n) is 4.35. The van der Waals surface area contributed by atoms with Gasteiger partial charge in [-0.15, -0.1) is 11.3 Å². The number of rotatable bonds is 5. The molecule has 1 N–H and O–H groups in total. The first-order valence-electron chi connectivity index (χ1n) is 11.0. The summed E-state index contributed by atoms with van der Waals surface area (Å²) < 4.78 is 5.75. The first-order chi connectivity index (χ1) is 15.7. The highest BCUT2D eigenvalue weighted by atomic mass is 35.5. The van der Waals surface area contributed by atoms with Crippen LogP contribution in [0.2, 0.25) is 5.02 Å². The largest absolute Gasteiger partial charge is 0.490 e. The van der Waals surface area contributed by atoms with E-state index in [2.05, 4.69) is 39.4 Å². The summed E-state index contributed by atoms with van der Waals surface area (Å²) in [6.45, 7) is 4.31. The van der Waals surface area contributed by atoms with Gasteiger partial charge in [-0.25, -0.2) is 0 Å². The van der Waals surface area contributed by atoms with Crippen molar-refractivity contribution in [3.8, 4) is 5.75 Å². The lowest BCUT2D eigenvalue weighted by Crippen LogP contribution is -2.44. The SMILES string of the molecule is O=C(NC1CCN(Cc2ccccc2)CC1)c1ccc(N2CCOc3ccc(Cl)cc32)s1. The molecule has 3 aromatic rings. The summed E-state index contributed by atoms with van der Waals surface area (Å²) in [5, 5.41) is 4.95. The van der Waals surface area contributed by atoms with Crippen molar-refractivity contribution in [2.75, 3.05) is 31.1 Å². The summed E-state index contributed by atoms with van der Waals surface area (Å²) >= 11 is 7.72. The number of likely N-dealkylation sites (tertiary alicyclic amines) is 1. The third kappa shape index (κ3) is 4.77. The van der Waals surface area contributed by atoms with Crippen LogP contribution in [-0.4, -0.2) is 43.1 Å². The summed E-state index contributed by atoms with van der Waals surface area (Å²) in [4.78, 5) is 18.3. The van der Waals surface area contributed by atoms with E-state index < -0.39 is 0 Å². The Hall–Kier alpha value is -2.54. The van der Waals surface area contributed by atoms with E-state index in [1.54, 1.807) is 0 Å². The van der Waals surface area contributed by atoms with Gasteiger partial charge >= 0.3 is 0 Å². The van der Waals surface area contributed by atoms with Gasteiger partial charge in [0.25, 0.3) is 5.91 Å². The first kappa shape index (κ1) is 21.3. The fourth-order valence-corrected chi connectivity index (χ4v) is 5.46. The second-order valence-corrected chi connectivity index (χ2v) is 9.76. The molecule has 1 saturated heterocycles. The number of thiophene rings is 1. The molecule has 166 valence electrons. The van der Waals surface area contributed by atoms with Gasteiger partial charge < -0.3 is 15.0 Å². The van der Waals surface area contributed by atoms with E-state index in [1.165, 1.54) is 16.9 Å². The van der Waals surface area contributed by atoms with Crippen LogP contribution in [0.1, 0.15) is 28.1 Å². The Bertz CT molecular complexity index is 1080. The lowest BCUT2D eigenvalue weighted by atomic mass is 10.0. The number of nitrogens with zero attached hydrogens (tertiary/aromatic N) is 2. The van der Waals surface area contributed by atoms with Crippen LogP contribution in [-0.2, 0) is 6.54 Å². The molecule has 1 aromatic heterocycles. The average Bonchev–Trinajstić information content (AvgIpc) is 3.31. The van der Waals surface area contributed by atoms with E-state index in [9.17, 15) is 4.79 Å². The second kappa shape index (κ2) is 9.53. The van der Waals surface area contributed by atoms with Crippen LogP contribution >= 0.6 is 22.9 Å². The molecule has 5 nitrogen and oxygen atoms in total. The van der Waals surface area contributed by atoms with Crippen LogP contribution < -0.4 is 15.0 Å². The molecule has 2 aliphatic heterocycles. The number of ether oxygens (including phenoxy) is 1. The molecule has 0 radical (unpaired) electrons. The lowest BCUT2D eigenvalue weighted by molar-refractivity contribution is 0.0913. The van der Waals surface area contributed by atoms with Crippen molar-refractivity contribution in [2.45, 2.75) is 25.4 Å². The maximum absolute atomic E-state index is 12.9. The Morgan fingerprint density at radius 2 is 1.88 bits per heavy atom. The number of piperidine rings is 1. The number of fused-ring (bicyclic) bond motifs is 1. The number of amides is 1. The van der Waals surface area contributed by atoms with Gasteiger partial charge in [0.05, 0.1) is 22.1 Å². The number of hydrogen-bond donors (Lipinski definition) is 1. The van der Waals surface area contributed by atoms with Crippen LogP contribution in [0.5, 0.6) is 5.75 Å². The number of carbonyl (C=O) groups is 1. The number of benzene rings is 2. The molecule has 5 rings (SSSR count). The van der Waals surface area contributed by atoms with Crippen LogP contribution in [0.15, 0.2) is 60.7 Å². The van der Waals surface area contributed by atoms with Gasteiger partial charge in [-0.1, -0.05) is 41.9 Å². The summed E-state index contributed by atoms with van der Waals surface area (Å²) in [5.41, 5.74) is 2.29. The number of halogens is 1. The molecule has 2 aliphatic rings. The van der Waals surface area contributed by atoms with Crippen molar-refractivity contribution in [1.82, 2.24) is 10.2 Å². The second-order valence-electron chi connectivity index (χ2n) is 8.26. The van der Waals surface area contributed by atoms with Crippen molar-refractivity contribution < 1.29 is 9.53 Å². The Kier molecular flexibility index (Phi) is 6.35. The Morgan fingerprint density at radius 1 is 1.06 bits per heavy atom. The molecule has 0 unspecified atom stereocenters. The van der Waals surface area contributed by atoms with Crippen LogP contribution in [0, 0.1) is 0 Å². The number of hydrogen-bond acceptors (Lipinski definition) is 5. The fraction of sp³-hybridized carbons (Fsp3) is 0.320. The van der Waals surface area contributed by atoms with Crippen LogP contribution in [0.3, 0.4) is 0 Å². The van der Waals surface area contributed by atoms with Crippen molar-refractivity contribution in [3.05, 3.63) is 76.1 Å². The third-order valence-electron chi connectivity index (χ3n) is 6.04.